The summed E-state index contributed by atoms with van der Waals surface area (Å²) in [6, 6.07) is 4.24. The van der Waals surface area contributed by atoms with E-state index in [0.717, 1.165) is 30.3 Å². The molecule has 1 aromatic heterocycles. The number of aryl methyl sites for hydroxylation is 1. The second-order valence-electron chi connectivity index (χ2n) is 4.81. The normalized spacial score (nSPS) is 16.2. The summed E-state index contributed by atoms with van der Waals surface area (Å²) in [5, 5.41) is 0. The molecule has 0 bridgehead atoms. The second kappa shape index (κ2) is 4.78. The van der Waals surface area contributed by atoms with E-state index < -0.39 is 0 Å². The number of hydrogen-bond acceptors (Lipinski definition) is 3. The van der Waals surface area contributed by atoms with Crippen molar-refractivity contribution >= 4 is 11.5 Å². The molecule has 0 aromatic carbocycles. The number of aromatic nitrogens is 1. The lowest BCUT2D eigenvalue weighted by molar-refractivity contribution is 0.686. The van der Waals surface area contributed by atoms with Crippen LogP contribution in [0.5, 0.6) is 0 Å². The molecular weight excluding hydrogens is 210 g/mol. The smallest absolute Gasteiger partial charge is 0.156 e. The molecule has 0 saturated carbocycles. The van der Waals surface area contributed by atoms with E-state index in [1.807, 2.05) is 6.92 Å². The van der Waals surface area contributed by atoms with E-state index in [-0.39, 0.29) is 0 Å². The highest BCUT2D eigenvalue weighted by Crippen LogP contribution is 2.31. The van der Waals surface area contributed by atoms with Crippen LogP contribution in [0, 0.1) is 6.92 Å². The Morgan fingerprint density at radius 1 is 1.29 bits per heavy atom. The van der Waals surface area contributed by atoms with E-state index in [2.05, 4.69) is 42.5 Å². The Bertz CT molecular complexity index is 425. The summed E-state index contributed by atoms with van der Waals surface area (Å²) < 4.78 is 0. The van der Waals surface area contributed by atoms with E-state index in [9.17, 15) is 0 Å². The zero-order chi connectivity index (χ0) is 12.4. The van der Waals surface area contributed by atoms with Crippen LogP contribution < -0.4 is 9.80 Å². The fraction of sp³-hybridized carbons (Fsp3) is 0.500. The predicted octanol–water partition coefficient (Wildman–Crippen LogP) is 2.96. The molecule has 0 atom stereocenters. The van der Waals surface area contributed by atoms with Crippen LogP contribution in [0.2, 0.25) is 0 Å². The van der Waals surface area contributed by atoms with Crippen LogP contribution in [0.15, 0.2) is 24.4 Å². The monoisotopic (exact) mass is 231 g/mol. The minimum Gasteiger partial charge on any atom is -0.372 e. The van der Waals surface area contributed by atoms with Gasteiger partial charge >= 0.3 is 0 Å². The third-order valence-electron chi connectivity index (χ3n) is 3.25. The minimum atomic E-state index is 1.02. The molecule has 0 unspecified atom stereocenters. The fourth-order valence-electron chi connectivity index (χ4n) is 2.25. The van der Waals surface area contributed by atoms with Gasteiger partial charge in [-0.1, -0.05) is 6.58 Å². The first-order chi connectivity index (χ1) is 8.09. The van der Waals surface area contributed by atoms with Crippen LogP contribution in [-0.4, -0.2) is 25.1 Å². The minimum absolute atomic E-state index is 1.02. The van der Waals surface area contributed by atoms with E-state index >= 15 is 0 Å². The molecule has 0 spiro atoms. The van der Waals surface area contributed by atoms with Gasteiger partial charge in [0.15, 0.2) is 5.82 Å². The molecular formula is C14H21N3. The Morgan fingerprint density at radius 2 is 2.00 bits per heavy atom. The molecule has 2 rings (SSSR count). The van der Waals surface area contributed by atoms with E-state index in [1.54, 1.807) is 0 Å². The Morgan fingerprint density at radius 3 is 2.71 bits per heavy atom. The summed E-state index contributed by atoms with van der Waals surface area (Å²) >= 11 is 0. The maximum absolute atomic E-state index is 4.69. The number of pyridine rings is 1. The summed E-state index contributed by atoms with van der Waals surface area (Å²) in [6.45, 7) is 10.3. The van der Waals surface area contributed by atoms with Crippen molar-refractivity contribution in [3.05, 3.63) is 30.1 Å². The topological polar surface area (TPSA) is 19.4 Å². The van der Waals surface area contributed by atoms with E-state index in [1.165, 1.54) is 18.5 Å². The van der Waals surface area contributed by atoms with Crippen LogP contribution in [0.1, 0.15) is 25.5 Å². The quantitative estimate of drug-likeness (QED) is 0.740. The van der Waals surface area contributed by atoms with Crippen molar-refractivity contribution in [2.75, 3.05) is 29.9 Å². The van der Waals surface area contributed by atoms with Gasteiger partial charge < -0.3 is 9.80 Å². The van der Waals surface area contributed by atoms with Gasteiger partial charge in [0, 0.05) is 31.5 Å². The Labute approximate surface area is 104 Å². The average Bonchev–Trinajstić information content (AvgIpc) is 2.25. The predicted molar refractivity (Wildman–Crippen MR) is 73.6 cm³/mol. The Kier molecular flexibility index (Phi) is 3.36. The first-order valence-corrected chi connectivity index (χ1v) is 6.21. The van der Waals surface area contributed by atoms with Crippen LogP contribution in [-0.2, 0) is 0 Å². The largest absolute Gasteiger partial charge is 0.372 e. The molecule has 1 aliphatic heterocycles. The molecule has 17 heavy (non-hydrogen) atoms. The lowest BCUT2D eigenvalue weighted by Crippen LogP contribution is -2.30. The number of anilines is 2. The number of allylic oxidation sites excluding steroid dienone is 1. The van der Waals surface area contributed by atoms with Gasteiger partial charge in [-0.15, -0.1) is 0 Å². The first kappa shape index (κ1) is 12.0. The molecule has 92 valence electrons. The molecule has 0 N–H and O–H groups in total. The summed E-state index contributed by atoms with van der Waals surface area (Å²) in [5.41, 5.74) is 3.34. The number of nitrogens with zero attached hydrogens (tertiary/aromatic N) is 3. The van der Waals surface area contributed by atoms with Crippen molar-refractivity contribution < 1.29 is 0 Å². The third-order valence-corrected chi connectivity index (χ3v) is 3.25. The molecule has 0 aliphatic carbocycles. The molecule has 0 amide bonds. The van der Waals surface area contributed by atoms with Crippen LogP contribution in [0.4, 0.5) is 11.5 Å². The van der Waals surface area contributed by atoms with Crippen molar-refractivity contribution in [3.8, 4) is 0 Å². The van der Waals surface area contributed by atoms with Gasteiger partial charge in [-0.25, -0.2) is 4.98 Å². The van der Waals surface area contributed by atoms with Gasteiger partial charge in [-0.3, -0.25) is 0 Å². The van der Waals surface area contributed by atoms with Crippen molar-refractivity contribution in [3.63, 3.8) is 0 Å². The van der Waals surface area contributed by atoms with Gasteiger partial charge in [0.1, 0.15) is 0 Å². The SMILES string of the molecule is C=C(C)N1CCCCN(C)c2ccc(C)nc21. The van der Waals surface area contributed by atoms with Gasteiger partial charge in [-0.05, 0) is 38.8 Å². The van der Waals surface area contributed by atoms with Gasteiger partial charge in [0.2, 0.25) is 0 Å². The Balaban J connectivity index is 2.50. The summed E-state index contributed by atoms with van der Waals surface area (Å²) in [5.74, 6) is 1.06. The molecule has 0 saturated heterocycles. The summed E-state index contributed by atoms with van der Waals surface area (Å²) in [4.78, 5) is 9.21. The van der Waals surface area contributed by atoms with Gasteiger partial charge in [0.25, 0.3) is 0 Å². The van der Waals surface area contributed by atoms with Crippen molar-refractivity contribution in [2.24, 2.45) is 0 Å². The molecule has 0 fully saturated rings. The Hall–Kier alpha value is -1.51. The highest BCUT2D eigenvalue weighted by Gasteiger charge is 2.18. The maximum Gasteiger partial charge on any atom is 0.156 e. The van der Waals surface area contributed by atoms with E-state index in [0.29, 0.717) is 0 Å². The second-order valence-corrected chi connectivity index (χ2v) is 4.81. The highest BCUT2D eigenvalue weighted by atomic mass is 15.2. The first-order valence-electron chi connectivity index (χ1n) is 6.21. The van der Waals surface area contributed by atoms with Crippen LogP contribution in [0.3, 0.4) is 0 Å². The van der Waals surface area contributed by atoms with Gasteiger partial charge in [0.05, 0.1) is 5.69 Å². The number of hydrogen-bond donors (Lipinski definition) is 0. The van der Waals surface area contributed by atoms with Crippen molar-refractivity contribution in [1.82, 2.24) is 4.98 Å². The van der Waals surface area contributed by atoms with Crippen molar-refractivity contribution in [1.29, 1.82) is 0 Å². The molecule has 2 heterocycles. The zero-order valence-electron chi connectivity index (χ0n) is 11.0. The zero-order valence-corrected chi connectivity index (χ0v) is 11.0. The van der Waals surface area contributed by atoms with Crippen LogP contribution >= 0.6 is 0 Å². The van der Waals surface area contributed by atoms with E-state index in [4.69, 9.17) is 4.98 Å². The number of rotatable bonds is 1. The third kappa shape index (κ3) is 2.43. The molecule has 1 aliphatic rings. The standard InChI is InChI=1S/C14H21N3/c1-11(2)17-10-6-5-9-16(4)13-8-7-12(3)15-14(13)17/h7-8H,1,5-6,9-10H2,2-4H3. The molecule has 0 radical (unpaired) electrons. The molecule has 1 aromatic rings. The lowest BCUT2D eigenvalue weighted by Gasteiger charge is -2.32. The molecule has 3 heteroatoms. The average molecular weight is 231 g/mol. The maximum atomic E-state index is 4.69. The van der Waals surface area contributed by atoms with Crippen LogP contribution in [0.25, 0.3) is 0 Å². The molecule has 3 nitrogen and oxygen atoms in total. The van der Waals surface area contributed by atoms with Gasteiger partial charge in [-0.2, -0.15) is 0 Å². The summed E-state index contributed by atoms with van der Waals surface area (Å²) in [6.07, 6.45) is 2.40. The highest BCUT2D eigenvalue weighted by molar-refractivity contribution is 5.69. The fourth-order valence-corrected chi connectivity index (χ4v) is 2.25. The summed E-state index contributed by atoms with van der Waals surface area (Å²) in [7, 11) is 2.14. The lowest BCUT2D eigenvalue weighted by atomic mass is 10.2. The van der Waals surface area contributed by atoms with Crippen molar-refractivity contribution in [2.45, 2.75) is 26.7 Å². The number of fused-ring (bicyclic) bond motifs is 1.